The zero-order valence-corrected chi connectivity index (χ0v) is 18.1. The van der Waals surface area contributed by atoms with E-state index in [1.54, 1.807) is 7.11 Å². The highest BCUT2D eigenvalue weighted by Crippen LogP contribution is 2.25. The second-order valence-corrected chi connectivity index (χ2v) is 7.98. The summed E-state index contributed by atoms with van der Waals surface area (Å²) in [4.78, 5) is 31.6. The number of methoxy groups -OCH3 is 2. The van der Waals surface area contributed by atoms with Gasteiger partial charge in [0.1, 0.15) is 11.8 Å². The molecule has 2 aromatic rings. The molecule has 1 amide bonds. The molecule has 0 N–H and O–H groups in total. The van der Waals surface area contributed by atoms with Crippen LogP contribution < -0.4 is 9.64 Å². The van der Waals surface area contributed by atoms with E-state index in [0.717, 1.165) is 30.1 Å². The summed E-state index contributed by atoms with van der Waals surface area (Å²) in [6, 6.07) is 15.7. The molecule has 0 bridgehead atoms. The van der Waals surface area contributed by atoms with Crippen LogP contribution in [0.5, 0.6) is 5.75 Å². The third kappa shape index (κ3) is 4.66. The summed E-state index contributed by atoms with van der Waals surface area (Å²) in [5, 5.41) is 0. The smallest absolute Gasteiger partial charge is 0.323 e. The third-order valence-electron chi connectivity index (χ3n) is 6.23. The van der Waals surface area contributed by atoms with Crippen molar-refractivity contribution in [3.8, 4) is 5.75 Å². The highest BCUT2D eigenvalue weighted by molar-refractivity contribution is 5.81. The van der Waals surface area contributed by atoms with Gasteiger partial charge in [-0.1, -0.05) is 24.3 Å². The molecule has 4 rings (SSSR count). The standard InChI is InChI=1S/C24H29N3O4/c1-30-21-9-7-20(8-10-21)25-11-13-26(14-12-25)23(28)17-27-16-19-6-4-3-5-18(19)15-22(27)24(29)31-2/h3-10,22H,11-17H2,1-2H3/t22-/m1/s1. The Kier molecular flexibility index (Phi) is 6.42. The predicted molar refractivity (Wildman–Crippen MR) is 118 cm³/mol. The van der Waals surface area contributed by atoms with Crippen molar-refractivity contribution in [1.82, 2.24) is 9.80 Å². The number of hydrogen-bond donors (Lipinski definition) is 0. The van der Waals surface area contributed by atoms with Crippen LogP contribution >= 0.6 is 0 Å². The number of carbonyl (C=O) groups is 2. The second kappa shape index (κ2) is 9.39. The molecule has 1 atom stereocenters. The van der Waals surface area contributed by atoms with Crippen LogP contribution in [0.1, 0.15) is 11.1 Å². The van der Waals surface area contributed by atoms with Crippen molar-refractivity contribution in [2.45, 2.75) is 19.0 Å². The molecule has 1 fully saturated rings. The van der Waals surface area contributed by atoms with Crippen molar-refractivity contribution in [2.24, 2.45) is 0 Å². The first-order valence-corrected chi connectivity index (χ1v) is 10.6. The van der Waals surface area contributed by atoms with E-state index in [1.165, 1.54) is 12.7 Å². The number of hydrogen-bond acceptors (Lipinski definition) is 6. The van der Waals surface area contributed by atoms with Crippen LogP contribution in [-0.2, 0) is 27.3 Å². The Morgan fingerprint density at radius 2 is 1.61 bits per heavy atom. The maximum absolute atomic E-state index is 13.1. The molecule has 7 nitrogen and oxygen atoms in total. The number of anilines is 1. The Hall–Kier alpha value is -3.06. The van der Waals surface area contributed by atoms with Gasteiger partial charge in [0, 0.05) is 38.4 Å². The van der Waals surface area contributed by atoms with Crippen molar-refractivity contribution >= 4 is 17.6 Å². The summed E-state index contributed by atoms with van der Waals surface area (Å²) in [5.74, 6) is 0.607. The number of piperazine rings is 1. The zero-order chi connectivity index (χ0) is 21.8. The lowest BCUT2D eigenvalue weighted by molar-refractivity contribution is -0.149. The van der Waals surface area contributed by atoms with E-state index >= 15 is 0 Å². The quantitative estimate of drug-likeness (QED) is 0.685. The average Bonchev–Trinajstić information content (AvgIpc) is 2.83. The number of amides is 1. The molecule has 1 saturated heterocycles. The number of nitrogens with zero attached hydrogens (tertiary/aromatic N) is 3. The van der Waals surface area contributed by atoms with Crippen molar-refractivity contribution in [3.05, 3.63) is 59.7 Å². The van der Waals surface area contributed by atoms with Crippen molar-refractivity contribution < 1.29 is 19.1 Å². The molecule has 2 heterocycles. The summed E-state index contributed by atoms with van der Waals surface area (Å²) in [6.07, 6.45) is 0.571. The van der Waals surface area contributed by atoms with Crippen LogP contribution in [0, 0.1) is 0 Å². The van der Waals surface area contributed by atoms with Gasteiger partial charge in [-0.3, -0.25) is 14.5 Å². The van der Waals surface area contributed by atoms with Crippen LogP contribution in [0.25, 0.3) is 0 Å². The third-order valence-corrected chi connectivity index (χ3v) is 6.23. The van der Waals surface area contributed by atoms with Gasteiger partial charge in [0.2, 0.25) is 5.91 Å². The average molecular weight is 424 g/mol. The summed E-state index contributed by atoms with van der Waals surface area (Å²) in [7, 11) is 3.06. The fourth-order valence-corrected chi connectivity index (χ4v) is 4.39. The molecule has 31 heavy (non-hydrogen) atoms. The Labute approximate surface area is 183 Å². The van der Waals surface area contributed by atoms with Gasteiger partial charge in [-0.05, 0) is 41.8 Å². The Morgan fingerprint density at radius 1 is 0.935 bits per heavy atom. The van der Waals surface area contributed by atoms with Crippen LogP contribution in [0.3, 0.4) is 0 Å². The first kappa shape index (κ1) is 21.2. The lowest BCUT2D eigenvalue weighted by Gasteiger charge is -2.39. The van der Waals surface area contributed by atoms with E-state index in [1.807, 2.05) is 52.3 Å². The van der Waals surface area contributed by atoms with Crippen molar-refractivity contribution in [1.29, 1.82) is 0 Å². The topological polar surface area (TPSA) is 62.3 Å². The van der Waals surface area contributed by atoms with Gasteiger partial charge < -0.3 is 19.3 Å². The zero-order valence-electron chi connectivity index (χ0n) is 18.1. The SMILES string of the molecule is COC(=O)[C@H]1Cc2ccccc2CN1CC(=O)N1CCN(c2ccc(OC)cc2)CC1. The van der Waals surface area contributed by atoms with Gasteiger partial charge >= 0.3 is 5.97 Å². The number of rotatable bonds is 5. The summed E-state index contributed by atoms with van der Waals surface area (Å²) in [5.41, 5.74) is 3.45. The highest BCUT2D eigenvalue weighted by Gasteiger charge is 2.34. The van der Waals surface area contributed by atoms with Gasteiger partial charge in [0.05, 0.1) is 20.8 Å². The van der Waals surface area contributed by atoms with Crippen LogP contribution in [0.15, 0.2) is 48.5 Å². The van der Waals surface area contributed by atoms with Crippen LogP contribution in [0.2, 0.25) is 0 Å². The lowest BCUT2D eigenvalue weighted by atomic mass is 9.94. The second-order valence-electron chi connectivity index (χ2n) is 7.98. The Balaban J connectivity index is 1.37. The molecule has 7 heteroatoms. The van der Waals surface area contributed by atoms with E-state index in [-0.39, 0.29) is 18.4 Å². The van der Waals surface area contributed by atoms with Gasteiger partial charge in [-0.2, -0.15) is 0 Å². The fourth-order valence-electron chi connectivity index (χ4n) is 4.39. The summed E-state index contributed by atoms with van der Waals surface area (Å²) >= 11 is 0. The highest BCUT2D eigenvalue weighted by atomic mass is 16.5. The number of ether oxygens (including phenoxy) is 2. The van der Waals surface area contributed by atoms with Gasteiger partial charge in [0.25, 0.3) is 0 Å². The maximum Gasteiger partial charge on any atom is 0.323 e. The van der Waals surface area contributed by atoms with E-state index in [0.29, 0.717) is 26.1 Å². The number of fused-ring (bicyclic) bond motifs is 1. The lowest BCUT2D eigenvalue weighted by Crippen LogP contribution is -2.54. The molecule has 0 aromatic heterocycles. The van der Waals surface area contributed by atoms with Gasteiger partial charge in [0.15, 0.2) is 0 Å². The normalized spacial score (nSPS) is 19.0. The van der Waals surface area contributed by atoms with Crippen molar-refractivity contribution in [2.75, 3.05) is 51.8 Å². The number of esters is 1. The molecule has 164 valence electrons. The largest absolute Gasteiger partial charge is 0.497 e. The van der Waals surface area contributed by atoms with Crippen LogP contribution in [-0.4, -0.2) is 74.7 Å². The molecule has 2 aromatic carbocycles. The van der Waals surface area contributed by atoms with E-state index in [2.05, 4.69) is 11.0 Å². The molecule has 0 unspecified atom stereocenters. The molecular formula is C24H29N3O4. The molecule has 2 aliphatic heterocycles. The predicted octanol–water partition coefficient (Wildman–Crippen LogP) is 1.94. The van der Waals surface area contributed by atoms with E-state index in [4.69, 9.17) is 9.47 Å². The number of benzene rings is 2. The minimum atomic E-state index is -0.426. The molecule has 0 aliphatic carbocycles. The molecular weight excluding hydrogens is 394 g/mol. The monoisotopic (exact) mass is 423 g/mol. The Morgan fingerprint density at radius 3 is 2.26 bits per heavy atom. The molecule has 2 aliphatic rings. The minimum absolute atomic E-state index is 0.0580. The Bertz CT molecular complexity index is 923. The molecule has 0 spiro atoms. The van der Waals surface area contributed by atoms with Crippen molar-refractivity contribution in [3.63, 3.8) is 0 Å². The van der Waals surface area contributed by atoms with E-state index in [9.17, 15) is 9.59 Å². The van der Waals surface area contributed by atoms with Gasteiger partial charge in [-0.15, -0.1) is 0 Å². The van der Waals surface area contributed by atoms with Crippen LogP contribution in [0.4, 0.5) is 5.69 Å². The summed E-state index contributed by atoms with van der Waals surface area (Å²) in [6.45, 7) is 3.68. The first-order chi connectivity index (χ1) is 15.1. The van der Waals surface area contributed by atoms with E-state index < -0.39 is 6.04 Å². The minimum Gasteiger partial charge on any atom is -0.497 e. The number of carbonyl (C=O) groups excluding carboxylic acids is 2. The molecule has 0 saturated carbocycles. The summed E-state index contributed by atoms with van der Waals surface area (Å²) < 4.78 is 10.2. The maximum atomic E-state index is 13.1. The first-order valence-electron chi connectivity index (χ1n) is 10.6. The van der Waals surface area contributed by atoms with Gasteiger partial charge in [-0.25, -0.2) is 0 Å². The molecule has 0 radical (unpaired) electrons. The fraction of sp³-hybridized carbons (Fsp3) is 0.417.